The fourth-order valence-corrected chi connectivity index (χ4v) is 1.69. The van der Waals surface area contributed by atoms with Gasteiger partial charge in [0.15, 0.2) is 0 Å². The maximum absolute atomic E-state index is 11.1. The Bertz CT molecular complexity index is 531. The molecule has 0 aromatic carbocycles. The van der Waals surface area contributed by atoms with Gasteiger partial charge in [0.05, 0.1) is 11.4 Å². The molecule has 15 heavy (non-hydrogen) atoms. The van der Waals surface area contributed by atoms with Crippen LogP contribution in [-0.4, -0.2) is 25.7 Å². The van der Waals surface area contributed by atoms with Crippen LogP contribution in [0.1, 0.15) is 28.7 Å². The first-order chi connectivity index (χ1) is 7.15. The quantitative estimate of drug-likeness (QED) is 0.802. The number of carboxylic acid groups (broad SMARTS) is 1. The normalized spacial score (nSPS) is 10.8. The minimum Gasteiger partial charge on any atom is -0.478 e. The Kier molecular flexibility index (Phi) is 2.15. The van der Waals surface area contributed by atoms with Crippen molar-refractivity contribution in [3.8, 4) is 0 Å². The predicted octanol–water partition coefficient (Wildman–Crippen LogP) is 1.30. The Morgan fingerprint density at radius 1 is 1.60 bits per heavy atom. The Hall–Kier alpha value is -1.91. The minimum absolute atomic E-state index is 0.250. The zero-order valence-electron chi connectivity index (χ0n) is 8.56. The lowest BCUT2D eigenvalue weighted by Crippen LogP contribution is -2.01. The van der Waals surface area contributed by atoms with Crippen LogP contribution in [0.15, 0.2) is 12.4 Å². The topological polar surface area (TPSA) is 67.5 Å². The summed E-state index contributed by atoms with van der Waals surface area (Å²) in [5.74, 6) is -0.954. The van der Waals surface area contributed by atoms with Gasteiger partial charge in [-0.2, -0.15) is 5.10 Å². The number of carboxylic acids is 1. The molecule has 2 heterocycles. The largest absolute Gasteiger partial charge is 0.478 e. The predicted molar refractivity (Wildman–Crippen MR) is 54.1 cm³/mol. The third-order valence-electron chi connectivity index (χ3n) is 2.35. The van der Waals surface area contributed by atoms with E-state index >= 15 is 0 Å². The van der Waals surface area contributed by atoms with Gasteiger partial charge in [-0.05, 0) is 13.3 Å². The molecule has 5 heteroatoms. The molecular formula is C10H11N3O2. The van der Waals surface area contributed by atoms with Crippen LogP contribution < -0.4 is 0 Å². The van der Waals surface area contributed by atoms with Crippen molar-refractivity contribution in [2.45, 2.75) is 20.3 Å². The highest BCUT2D eigenvalue weighted by atomic mass is 16.4. The number of hydrogen-bond donors (Lipinski definition) is 1. The fourth-order valence-electron chi connectivity index (χ4n) is 1.69. The average molecular weight is 205 g/mol. The average Bonchev–Trinajstić information content (AvgIpc) is 2.53. The van der Waals surface area contributed by atoms with E-state index < -0.39 is 5.97 Å². The summed E-state index contributed by atoms with van der Waals surface area (Å²) in [5.41, 5.74) is 2.13. The first-order valence-corrected chi connectivity index (χ1v) is 4.71. The third-order valence-corrected chi connectivity index (χ3v) is 2.35. The van der Waals surface area contributed by atoms with Crippen LogP contribution in [0.3, 0.4) is 0 Å². The van der Waals surface area contributed by atoms with Crippen molar-refractivity contribution in [3.63, 3.8) is 0 Å². The number of hydrogen-bond acceptors (Lipinski definition) is 3. The van der Waals surface area contributed by atoms with Gasteiger partial charge in [-0.15, -0.1) is 0 Å². The molecule has 0 saturated heterocycles. The lowest BCUT2D eigenvalue weighted by molar-refractivity contribution is 0.0698. The molecular weight excluding hydrogens is 194 g/mol. The van der Waals surface area contributed by atoms with E-state index in [0.29, 0.717) is 17.6 Å². The number of carbonyl (C=O) groups is 1. The van der Waals surface area contributed by atoms with Gasteiger partial charge in [0.2, 0.25) is 0 Å². The molecule has 0 bridgehead atoms. The highest BCUT2D eigenvalue weighted by molar-refractivity contribution is 5.97. The summed E-state index contributed by atoms with van der Waals surface area (Å²) in [6, 6.07) is 0. The van der Waals surface area contributed by atoms with Crippen LogP contribution in [0.4, 0.5) is 0 Å². The number of fused-ring (bicyclic) bond motifs is 1. The van der Waals surface area contributed by atoms with E-state index in [-0.39, 0.29) is 5.56 Å². The van der Waals surface area contributed by atoms with Gasteiger partial charge in [-0.25, -0.2) is 9.31 Å². The summed E-state index contributed by atoms with van der Waals surface area (Å²) in [6.07, 6.45) is 3.98. The van der Waals surface area contributed by atoms with E-state index in [1.54, 1.807) is 23.8 Å². The Morgan fingerprint density at radius 2 is 2.33 bits per heavy atom. The molecule has 2 rings (SSSR count). The van der Waals surface area contributed by atoms with E-state index in [4.69, 9.17) is 5.11 Å². The summed E-state index contributed by atoms with van der Waals surface area (Å²) >= 11 is 0. The number of nitrogens with zero attached hydrogens (tertiary/aromatic N) is 3. The molecule has 0 atom stereocenters. The van der Waals surface area contributed by atoms with Gasteiger partial charge in [0, 0.05) is 12.4 Å². The molecule has 0 radical (unpaired) electrons. The van der Waals surface area contributed by atoms with Crippen LogP contribution >= 0.6 is 0 Å². The summed E-state index contributed by atoms with van der Waals surface area (Å²) < 4.78 is 1.57. The third kappa shape index (κ3) is 1.36. The summed E-state index contributed by atoms with van der Waals surface area (Å²) in [4.78, 5) is 15.2. The SMILES string of the molecule is CCc1nccn2nc(C)c(C(=O)O)c12. The van der Waals surface area contributed by atoms with E-state index in [2.05, 4.69) is 10.1 Å². The lowest BCUT2D eigenvalue weighted by atomic mass is 10.1. The summed E-state index contributed by atoms with van der Waals surface area (Å²) in [5, 5.41) is 13.2. The minimum atomic E-state index is -0.954. The number of rotatable bonds is 2. The molecule has 0 unspecified atom stereocenters. The van der Waals surface area contributed by atoms with Gasteiger partial charge in [-0.1, -0.05) is 6.92 Å². The van der Waals surface area contributed by atoms with Gasteiger partial charge in [0.1, 0.15) is 11.1 Å². The van der Waals surface area contributed by atoms with Crippen LogP contribution in [0.5, 0.6) is 0 Å². The number of aromatic carboxylic acids is 1. The highest BCUT2D eigenvalue weighted by Crippen LogP contribution is 2.18. The van der Waals surface area contributed by atoms with Crippen molar-refractivity contribution in [2.24, 2.45) is 0 Å². The molecule has 78 valence electrons. The van der Waals surface area contributed by atoms with Gasteiger partial charge < -0.3 is 5.11 Å². The molecule has 1 N–H and O–H groups in total. The Balaban J connectivity index is 2.88. The second-order valence-corrected chi connectivity index (χ2v) is 3.29. The van der Waals surface area contributed by atoms with Crippen LogP contribution in [0, 0.1) is 6.92 Å². The van der Waals surface area contributed by atoms with E-state index in [0.717, 1.165) is 5.69 Å². The van der Waals surface area contributed by atoms with Crippen molar-refractivity contribution in [3.05, 3.63) is 29.3 Å². The lowest BCUT2D eigenvalue weighted by Gasteiger charge is -1.99. The molecule has 2 aromatic heterocycles. The first kappa shape index (κ1) is 9.64. The molecule has 0 aliphatic carbocycles. The molecule has 0 amide bonds. The summed E-state index contributed by atoms with van der Waals surface area (Å²) in [6.45, 7) is 3.63. The van der Waals surface area contributed by atoms with Gasteiger partial charge >= 0.3 is 5.97 Å². The molecule has 2 aromatic rings. The van der Waals surface area contributed by atoms with Crippen LogP contribution in [0.25, 0.3) is 5.52 Å². The Labute approximate surface area is 86.4 Å². The molecule has 5 nitrogen and oxygen atoms in total. The number of aromatic nitrogens is 3. The molecule has 0 fully saturated rings. The van der Waals surface area contributed by atoms with Crippen LogP contribution in [-0.2, 0) is 6.42 Å². The van der Waals surface area contributed by atoms with E-state index in [9.17, 15) is 4.79 Å². The standard InChI is InChI=1S/C10H11N3O2/c1-3-7-9-8(10(14)15)6(2)12-13(9)5-4-11-7/h4-5H,3H2,1-2H3,(H,14,15). The zero-order valence-corrected chi connectivity index (χ0v) is 8.56. The maximum atomic E-state index is 11.1. The fraction of sp³-hybridized carbons (Fsp3) is 0.300. The molecule has 0 spiro atoms. The first-order valence-electron chi connectivity index (χ1n) is 4.71. The van der Waals surface area contributed by atoms with Gasteiger partial charge in [-0.3, -0.25) is 4.98 Å². The second-order valence-electron chi connectivity index (χ2n) is 3.29. The molecule has 0 aliphatic rings. The van der Waals surface area contributed by atoms with Crippen molar-refractivity contribution < 1.29 is 9.90 Å². The summed E-state index contributed by atoms with van der Waals surface area (Å²) in [7, 11) is 0. The monoisotopic (exact) mass is 205 g/mol. The van der Waals surface area contributed by atoms with Crippen molar-refractivity contribution >= 4 is 11.5 Å². The second kappa shape index (κ2) is 3.34. The smallest absolute Gasteiger partial charge is 0.339 e. The Morgan fingerprint density at radius 3 is 2.93 bits per heavy atom. The van der Waals surface area contributed by atoms with E-state index in [1.165, 1.54) is 0 Å². The number of aryl methyl sites for hydroxylation is 2. The molecule has 0 aliphatic heterocycles. The molecule has 0 saturated carbocycles. The van der Waals surface area contributed by atoms with Crippen LogP contribution in [0.2, 0.25) is 0 Å². The van der Waals surface area contributed by atoms with Crippen molar-refractivity contribution in [2.75, 3.05) is 0 Å². The van der Waals surface area contributed by atoms with Crippen molar-refractivity contribution in [1.29, 1.82) is 0 Å². The van der Waals surface area contributed by atoms with Crippen molar-refractivity contribution in [1.82, 2.24) is 14.6 Å². The highest BCUT2D eigenvalue weighted by Gasteiger charge is 2.18. The zero-order chi connectivity index (χ0) is 11.0. The van der Waals surface area contributed by atoms with E-state index in [1.807, 2.05) is 6.92 Å². The van der Waals surface area contributed by atoms with Gasteiger partial charge in [0.25, 0.3) is 0 Å². The maximum Gasteiger partial charge on any atom is 0.339 e.